The van der Waals surface area contributed by atoms with Crippen LogP contribution < -0.4 is 4.74 Å². The second kappa shape index (κ2) is 7.50. The lowest BCUT2D eigenvalue weighted by atomic mass is 10.00. The quantitative estimate of drug-likeness (QED) is 0.454. The molecule has 0 spiro atoms. The van der Waals surface area contributed by atoms with Crippen LogP contribution in [-0.4, -0.2) is 16.9 Å². The van der Waals surface area contributed by atoms with Gasteiger partial charge in [0, 0.05) is 16.7 Å². The van der Waals surface area contributed by atoms with Gasteiger partial charge in [-0.15, -0.1) is 0 Å². The highest BCUT2D eigenvalue weighted by atomic mass is 16.5. The molecule has 0 unspecified atom stereocenters. The van der Waals surface area contributed by atoms with E-state index in [9.17, 15) is 0 Å². The number of hydrogen-bond acceptors (Lipinski definition) is 2. The average Bonchev–Trinajstić information content (AvgIpc) is 3.14. The van der Waals surface area contributed by atoms with Crippen LogP contribution in [0.3, 0.4) is 0 Å². The first kappa shape index (κ1) is 17.1. The average molecular weight is 354 g/mol. The van der Waals surface area contributed by atoms with Gasteiger partial charge in [-0.2, -0.15) is 5.10 Å². The smallest absolute Gasteiger partial charge is 0.118 e. The Kier molecular flexibility index (Phi) is 4.75. The summed E-state index contributed by atoms with van der Waals surface area (Å²) in [6, 6.07) is 28.9. The largest absolute Gasteiger partial charge is 0.497 e. The normalized spacial score (nSPS) is 10.7. The van der Waals surface area contributed by atoms with Gasteiger partial charge in [0.25, 0.3) is 0 Å². The van der Waals surface area contributed by atoms with E-state index in [1.165, 1.54) is 5.56 Å². The molecule has 0 amide bonds. The molecule has 1 heterocycles. The van der Waals surface area contributed by atoms with Crippen LogP contribution in [0, 0.1) is 0 Å². The van der Waals surface area contributed by atoms with Gasteiger partial charge in [0.2, 0.25) is 0 Å². The first-order valence-corrected chi connectivity index (χ1v) is 9.19. The maximum Gasteiger partial charge on any atom is 0.118 e. The fourth-order valence-corrected chi connectivity index (χ4v) is 3.41. The molecule has 0 aliphatic heterocycles. The molecule has 27 heavy (non-hydrogen) atoms. The highest BCUT2D eigenvalue weighted by Gasteiger charge is 2.20. The van der Waals surface area contributed by atoms with Gasteiger partial charge in [-0.25, -0.2) is 4.68 Å². The van der Waals surface area contributed by atoms with Gasteiger partial charge in [-0.1, -0.05) is 55.5 Å². The van der Waals surface area contributed by atoms with Crippen LogP contribution in [0.5, 0.6) is 5.75 Å². The molecule has 3 heteroatoms. The van der Waals surface area contributed by atoms with E-state index in [1.54, 1.807) is 7.11 Å². The van der Waals surface area contributed by atoms with Crippen LogP contribution in [0.2, 0.25) is 0 Å². The minimum atomic E-state index is 0.853. The van der Waals surface area contributed by atoms with Gasteiger partial charge < -0.3 is 4.74 Å². The van der Waals surface area contributed by atoms with Crippen molar-refractivity contribution in [3.8, 4) is 34.0 Å². The van der Waals surface area contributed by atoms with E-state index >= 15 is 0 Å². The van der Waals surface area contributed by atoms with Gasteiger partial charge in [0.05, 0.1) is 24.2 Å². The lowest BCUT2D eigenvalue weighted by Gasteiger charge is -2.10. The lowest BCUT2D eigenvalue weighted by molar-refractivity contribution is 0.415. The summed E-state index contributed by atoms with van der Waals surface area (Å²) in [5, 5.41) is 5.03. The molecule has 0 N–H and O–H groups in total. The number of para-hydroxylation sites is 1. The predicted molar refractivity (Wildman–Crippen MR) is 110 cm³/mol. The van der Waals surface area contributed by atoms with Crippen molar-refractivity contribution in [1.29, 1.82) is 0 Å². The van der Waals surface area contributed by atoms with Crippen LogP contribution in [0.4, 0.5) is 0 Å². The van der Waals surface area contributed by atoms with Crippen molar-refractivity contribution in [2.45, 2.75) is 13.3 Å². The summed E-state index contributed by atoms with van der Waals surface area (Å²) in [7, 11) is 1.69. The molecular weight excluding hydrogens is 332 g/mol. The zero-order valence-corrected chi connectivity index (χ0v) is 15.6. The lowest BCUT2D eigenvalue weighted by Crippen LogP contribution is -1.99. The fraction of sp³-hybridized carbons (Fsp3) is 0.125. The molecule has 4 rings (SSSR count). The van der Waals surface area contributed by atoms with Crippen molar-refractivity contribution < 1.29 is 4.74 Å². The number of methoxy groups -OCH3 is 1. The Bertz CT molecular complexity index is 1020. The summed E-state index contributed by atoms with van der Waals surface area (Å²) in [5.41, 5.74) is 6.73. The SMILES string of the molecule is CCc1c(-c2ccccc2)nn(-c2ccccc2)c1-c1ccc(OC)cc1. The van der Waals surface area contributed by atoms with E-state index in [2.05, 4.69) is 60.1 Å². The zero-order chi connectivity index (χ0) is 18.6. The van der Waals surface area contributed by atoms with Crippen LogP contribution in [0.25, 0.3) is 28.2 Å². The number of benzene rings is 3. The number of aromatic nitrogens is 2. The molecule has 0 fully saturated rings. The van der Waals surface area contributed by atoms with Crippen molar-refractivity contribution in [1.82, 2.24) is 9.78 Å². The topological polar surface area (TPSA) is 27.1 Å². The summed E-state index contributed by atoms with van der Waals surface area (Å²) < 4.78 is 7.39. The number of nitrogens with zero attached hydrogens (tertiary/aromatic N) is 2. The molecule has 1 aromatic heterocycles. The van der Waals surface area contributed by atoms with E-state index in [1.807, 2.05) is 36.4 Å². The van der Waals surface area contributed by atoms with Crippen LogP contribution >= 0.6 is 0 Å². The molecule has 4 aromatic rings. The van der Waals surface area contributed by atoms with E-state index in [-0.39, 0.29) is 0 Å². The first-order valence-electron chi connectivity index (χ1n) is 9.19. The molecule has 0 radical (unpaired) electrons. The number of hydrogen-bond donors (Lipinski definition) is 0. The summed E-state index contributed by atoms with van der Waals surface area (Å²) in [6.45, 7) is 2.19. The third-order valence-corrected chi connectivity index (χ3v) is 4.75. The maximum absolute atomic E-state index is 5.33. The third kappa shape index (κ3) is 3.24. The number of ether oxygens (including phenoxy) is 1. The number of rotatable bonds is 5. The summed E-state index contributed by atoms with van der Waals surface area (Å²) in [6.07, 6.45) is 0.901. The molecule has 0 atom stereocenters. The highest BCUT2D eigenvalue weighted by Crippen LogP contribution is 2.35. The highest BCUT2D eigenvalue weighted by molar-refractivity contribution is 5.76. The Labute approximate surface area is 159 Å². The van der Waals surface area contributed by atoms with Crippen LogP contribution in [0.1, 0.15) is 12.5 Å². The van der Waals surface area contributed by atoms with E-state index < -0.39 is 0 Å². The molecule has 3 nitrogen and oxygen atoms in total. The Balaban J connectivity index is 1.98. The Morgan fingerprint density at radius 3 is 2.00 bits per heavy atom. The van der Waals surface area contributed by atoms with Gasteiger partial charge in [-0.3, -0.25) is 0 Å². The van der Waals surface area contributed by atoms with E-state index in [0.717, 1.165) is 40.4 Å². The van der Waals surface area contributed by atoms with E-state index in [4.69, 9.17) is 9.84 Å². The van der Waals surface area contributed by atoms with Crippen LogP contribution in [0.15, 0.2) is 84.9 Å². The van der Waals surface area contributed by atoms with Gasteiger partial charge >= 0.3 is 0 Å². The molecular formula is C24H22N2O. The van der Waals surface area contributed by atoms with Gasteiger partial charge in [0.15, 0.2) is 0 Å². The Hall–Kier alpha value is -3.33. The van der Waals surface area contributed by atoms with E-state index in [0.29, 0.717) is 0 Å². The van der Waals surface area contributed by atoms with Crippen molar-refractivity contribution in [3.05, 3.63) is 90.5 Å². The molecule has 0 aliphatic carbocycles. The van der Waals surface area contributed by atoms with Gasteiger partial charge in [-0.05, 0) is 42.8 Å². The van der Waals surface area contributed by atoms with Crippen molar-refractivity contribution in [2.75, 3.05) is 7.11 Å². The predicted octanol–water partition coefficient (Wildman–Crippen LogP) is 5.78. The summed E-state index contributed by atoms with van der Waals surface area (Å²) in [5.74, 6) is 0.853. The summed E-state index contributed by atoms with van der Waals surface area (Å²) >= 11 is 0. The first-order chi connectivity index (χ1) is 13.3. The van der Waals surface area contributed by atoms with Crippen LogP contribution in [-0.2, 0) is 6.42 Å². The second-order valence-corrected chi connectivity index (χ2v) is 6.37. The molecule has 0 aliphatic rings. The van der Waals surface area contributed by atoms with Crippen molar-refractivity contribution >= 4 is 0 Å². The minimum Gasteiger partial charge on any atom is -0.497 e. The Morgan fingerprint density at radius 1 is 0.778 bits per heavy atom. The summed E-state index contributed by atoms with van der Waals surface area (Å²) in [4.78, 5) is 0. The fourth-order valence-electron chi connectivity index (χ4n) is 3.41. The monoisotopic (exact) mass is 354 g/mol. The molecule has 0 bridgehead atoms. The molecule has 3 aromatic carbocycles. The standard InChI is InChI=1S/C24H22N2O/c1-3-22-23(18-10-6-4-7-11-18)25-26(20-12-8-5-9-13-20)24(22)19-14-16-21(27-2)17-15-19/h4-17H,3H2,1-2H3. The molecule has 134 valence electrons. The zero-order valence-electron chi connectivity index (χ0n) is 15.6. The van der Waals surface area contributed by atoms with Crippen molar-refractivity contribution in [2.24, 2.45) is 0 Å². The maximum atomic E-state index is 5.33. The van der Waals surface area contributed by atoms with Crippen molar-refractivity contribution in [3.63, 3.8) is 0 Å². The van der Waals surface area contributed by atoms with Gasteiger partial charge in [0.1, 0.15) is 5.75 Å². The third-order valence-electron chi connectivity index (χ3n) is 4.75. The molecule has 0 saturated heterocycles. The Morgan fingerprint density at radius 2 is 1.41 bits per heavy atom. The second-order valence-electron chi connectivity index (χ2n) is 6.37. The molecule has 0 saturated carbocycles. The minimum absolute atomic E-state index is 0.853.